The van der Waals surface area contributed by atoms with Crippen molar-refractivity contribution in [2.45, 2.75) is 52.5 Å². The molecule has 2 amide bonds. The van der Waals surface area contributed by atoms with E-state index in [-0.39, 0.29) is 23.7 Å². The number of ether oxygens (including phenoxy) is 2. The van der Waals surface area contributed by atoms with Gasteiger partial charge >= 0.3 is 6.03 Å². The molecule has 1 aromatic carbocycles. The minimum Gasteiger partial charge on any atom is -0.494 e. The number of benzene rings is 1. The summed E-state index contributed by atoms with van der Waals surface area (Å²) in [6, 6.07) is 4.38. The van der Waals surface area contributed by atoms with Gasteiger partial charge in [0, 0.05) is 43.4 Å². The molecular formula is C27H32FN5O4. The zero-order chi connectivity index (χ0) is 26.3. The summed E-state index contributed by atoms with van der Waals surface area (Å²) in [6.45, 7) is 6.89. The first-order valence-corrected chi connectivity index (χ1v) is 12.7. The first-order valence-electron chi connectivity index (χ1n) is 12.7. The van der Waals surface area contributed by atoms with Gasteiger partial charge in [-0.05, 0) is 57.6 Å². The highest BCUT2D eigenvalue weighted by Crippen LogP contribution is 2.40. The van der Waals surface area contributed by atoms with Crippen molar-refractivity contribution in [3.8, 4) is 22.8 Å². The largest absolute Gasteiger partial charge is 0.494 e. The van der Waals surface area contributed by atoms with Crippen molar-refractivity contribution in [2.24, 2.45) is 5.92 Å². The number of nitrogens with one attached hydrogen (secondary N) is 1. The fourth-order valence-corrected chi connectivity index (χ4v) is 4.86. The minimum atomic E-state index is -0.528. The number of hydrogen-bond donors (Lipinski definition) is 1. The van der Waals surface area contributed by atoms with Crippen molar-refractivity contribution in [1.82, 2.24) is 24.8 Å². The molecule has 0 radical (unpaired) electrons. The van der Waals surface area contributed by atoms with Gasteiger partial charge in [-0.2, -0.15) is 0 Å². The first-order chi connectivity index (χ1) is 17.7. The quantitative estimate of drug-likeness (QED) is 0.534. The summed E-state index contributed by atoms with van der Waals surface area (Å²) in [6.07, 6.45) is 3.55. The van der Waals surface area contributed by atoms with Crippen LogP contribution in [0.25, 0.3) is 22.3 Å². The van der Waals surface area contributed by atoms with Gasteiger partial charge in [0.1, 0.15) is 22.8 Å². The second-order valence-corrected chi connectivity index (χ2v) is 9.94. The van der Waals surface area contributed by atoms with Crippen LogP contribution in [0.15, 0.2) is 18.2 Å². The van der Waals surface area contributed by atoms with Crippen LogP contribution in [-0.4, -0.2) is 64.2 Å². The van der Waals surface area contributed by atoms with E-state index < -0.39 is 5.82 Å². The van der Waals surface area contributed by atoms with Crippen LogP contribution in [-0.2, 0) is 4.79 Å². The Bertz CT molecular complexity index is 1360. The highest BCUT2D eigenvalue weighted by Gasteiger charge is 2.28. The van der Waals surface area contributed by atoms with Gasteiger partial charge in [-0.25, -0.2) is 19.2 Å². The number of rotatable bonds is 6. The number of piperidine rings is 1. The fraction of sp³-hybridized carbons (Fsp3) is 0.481. The highest BCUT2D eigenvalue weighted by molar-refractivity contribution is 5.99. The average molecular weight is 510 g/mol. The molecule has 1 saturated carbocycles. The van der Waals surface area contributed by atoms with Crippen LogP contribution in [0.2, 0.25) is 0 Å². The third-order valence-electron chi connectivity index (χ3n) is 7.10. The van der Waals surface area contributed by atoms with Crippen LogP contribution in [0.4, 0.5) is 9.18 Å². The Morgan fingerprint density at radius 2 is 1.81 bits per heavy atom. The Morgan fingerprint density at radius 1 is 1.08 bits per heavy atom. The summed E-state index contributed by atoms with van der Waals surface area (Å²) < 4.78 is 27.6. The van der Waals surface area contributed by atoms with Gasteiger partial charge in [-0.15, -0.1) is 0 Å². The van der Waals surface area contributed by atoms with Gasteiger partial charge in [0.05, 0.1) is 19.2 Å². The molecule has 2 aliphatic rings. The monoisotopic (exact) mass is 509 g/mol. The standard InChI is InChI=1S/C27H32FN5O4/c1-15-11-22-26(33(15)27(35)31-19-7-9-32(10-8-19)17(3)34)25(30-16(2)29-22)20-12-24(36-4)21(28)13-23(20)37-14-18-5-6-18/h11-13,18-19H,5-10,14H2,1-4H3,(H,31,35). The lowest BCUT2D eigenvalue weighted by Crippen LogP contribution is -2.47. The second kappa shape index (κ2) is 9.99. The maximum absolute atomic E-state index is 14.7. The number of aromatic nitrogens is 3. The lowest BCUT2D eigenvalue weighted by Gasteiger charge is -2.31. The zero-order valence-electron chi connectivity index (χ0n) is 21.6. The molecule has 1 aliphatic carbocycles. The van der Waals surface area contributed by atoms with Crippen molar-refractivity contribution in [2.75, 3.05) is 26.8 Å². The number of nitrogens with zero attached hydrogens (tertiary/aromatic N) is 4. The molecule has 196 valence electrons. The van der Waals surface area contributed by atoms with Crippen molar-refractivity contribution < 1.29 is 23.5 Å². The summed E-state index contributed by atoms with van der Waals surface area (Å²) in [5.74, 6) is 0.926. The molecule has 0 bridgehead atoms. The molecule has 2 fully saturated rings. The van der Waals surface area contributed by atoms with E-state index >= 15 is 0 Å². The van der Waals surface area contributed by atoms with E-state index in [4.69, 9.17) is 14.5 Å². The van der Waals surface area contributed by atoms with Gasteiger partial charge in [0.25, 0.3) is 0 Å². The maximum Gasteiger partial charge on any atom is 0.326 e. The van der Waals surface area contributed by atoms with Crippen molar-refractivity contribution in [1.29, 1.82) is 0 Å². The topological polar surface area (TPSA) is 98.6 Å². The third kappa shape index (κ3) is 5.10. The maximum atomic E-state index is 14.7. The predicted molar refractivity (Wildman–Crippen MR) is 136 cm³/mol. The first kappa shape index (κ1) is 25.0. The Balaban J connectivity index is 1.55. The molecule has 9 nitrogen and oxygen atoms in total. The molecule has 0 unspecified atom stereocenters. The molecular weight excluding hydrogens is 477 g/mol. The molecule has 5 rings (SSSR count). The van der Waals surface area contributed by atoms with Crippen LogP contribution in [0.3, 0.4) is 0 Å². The molecule has 3 heterocycles. The molecule has 1 N–H and O–H groups in total. The number of amides is 2. The summed E-state index contributed by atoms with van der Waals surface area (Å²) in [5, 5.41) is 3.12. The molecule has 2 aromatic heterocycles. The lowest BCUT2D eigenvalue weighted by atomic mass is 10.1. The average Bonchev–Trinajstić information content (AvgIpc) is 3.63. The van der Waals surface area contributed by atoms with E-state index in [1.54, 1.807) is 29.4 Å². The SMILES string of the molecule is COc1cc(-c2nc(C)nc3cc(C)n(C(=O)NC4CCN(C(C)=O)CC4)c23)c(OCC2CC2)cc1F. The van der Waals surface area contributed by atoms with E-state index in [1.165, 1.54) is 13.2 Å². The Kier molecular flexibility index (Phi) is 6.74. The number of hydrogen-bond acceptors (Lipinski definition) is 6. The number of carbonyl (C=O) groups is 2. The molecule has 37 heavy (non-hydrogen) atoms. The molecule has 10 heteroatoms. The van der Waals surface area contributed by atoms with E-state index in [9.17, 15) is 14.0 Å². The minimum absolute atomic E-state index is 0.0450. The van der Waals surface area contributed by atoms with Crippen LogP contribution in [0.1, 0.15) is 44.1 Å². The summed E-state index contributed by atoms with van der Waals surface area (Å²) >= 11 is 0. The Morgan fingerprint density at radius 3 is 2.46 bits per heavy atom. The van der Waals surface area contributed by atoms with Crippen molar-refractivity contribution >= 4 is 23.0 Å². The number of halogens is 1. The van der Waals surface area contributed by atoms with Crippen LogP contribution in [0, 0.1) is 25.6 Å². The molecule has 3 aromatic rings. The summed E-state index contributed by atoms with van der Waals surface area (Å²) in [5.41, 5.74) is 2.84. The van der Waals surface area contributed by atoms with Gasteiger partial charge in [0.2, 0.25) is 5.91 Å². The zero-order valence-corrected chi connectivity index (χ0v) is 21.6. The summed E-state index contributed by atoms with van der Waals surface area (Å²) in [4.78, 5) is 36.3. The number of carbonyl (C=O) groups excluding carboxylic acids is 2. The van der Waals surface area contributed by atoms with E-state index in [1.807, 2.05) is 13.0 Å². The number of methoxy groups -OCH3 is 1. The molecule has 0 spiro atoms. The van der Waals surface area contributed by atoms with E-state index in [0.717, 1.165) is 12.8 Å². The number of likely N-dealkylation sites (tertiary alicyclic amines) is 1. The van der Waals surface area contributed by atoms with Crippen molar-refractivity contribution in [3.63, 3.8) is 0 Å². The van der Waals surface area contributed by atoms with Crippen LogP contribution < -0.4 is 14.8 Å². The van der Waals surface area contributed by atoms with E-state index in [0.29, 0.717) is 78.0 Å². The second-order valence-electron chi connectivity index (χ2n) is 9.94. The van der Waals surface area contributed by atoms with Gasteiger partial charge in [-0.3, -0.25) is 9.36 Å². The van der Waals surface area contributed by atoms with E-state index in [2.05, 4.69) is 10.3 Å². The Hall–Kier alpha value is -3.69. The molecule has 0 atom stereocenters. The van der Waals surface area contributed by atoms with Gasteiger partial charge in [0.15, 0.2) is 11.6 Å². The number of fused-ring (bicyclic) bond motifs is 1. The van der Waals surface area contributed by atoms with Gasteiger partial charge < -0.3 is 19.7 Å². The summed E-state index contributed by atoms with van der Waals surface area (Å²) in [7, 11) is 1.41. The highest BCUT2D eigenvalue weighted by atomic mass is 19.1. The molecule has 1 saturated heterocycles. The van der Waals surface area contributed by atoms with Gasteiger partial charge in [-0.1, -0.05) is 0 Å². The molecule has 1 aliphatic heterocycles. The number of aryl methyl sites for hydroxylation is 2. The Labute approximate surface area is 215 Å². The predicted octanol–water partition coefficient (Wildman–Crippen LogP) is 4.22. The fourth-order valence-electron chi connectivity index (χ4n) is 4.86. The lowest BCUT2D eigenvalue weighted by molar-refractivity contribution is -0.129. The van der Waals surface area contributed by atoms with Crippen LogP contribution >= 0.6 is 0 Å². The normalized spacial score (nSPS) is 16.2. The van der Waals surface area contributed by atoms with Crippen LogP contribution in [0.5, 0.6) is 11.5 Å². The third-order valence-corrected chi connectivity index (χ3v) is 7.10. The smallest absolute Gasteiger partial charge is 0.326 e. The van der Waals surface area contributed by atoms with Crippen molar-refractivity contribution in [3.05, 3.63) is 35.5 Å².